The normalized spacial score (nSPS) is 20.0. The van der Waals surface area contributed by atoms with Crippen LogP contribution in [0.1, 0.15) is 18.4 Å². The van der Waals surface area contributed by atoms with Crippen LogP contribution < -0.4 is 5.32 Å². The highest BCUT2D eigenvalue weighted by Gasteiger charge is 2.30. The quantitative estimate of drug-likeness (QED) is 0.875. The highest BCUT2D eigenvalue weighted by atomic mass is 16.8. The van der Waals surface area contributed by atoms with E-state index in [1.807, 2.05) is 29.2 Å². The number of hydroxylamine groups is 2. The van der Waals surface area contributed by atoms with Crippen molar-refractivity contribution in [2.24, 2.45) is 0 Å². The number of hydrogen-bond acceptors (Lipinski definition) is 4. The van der Waals surface area contributed by atoms with Gasteiger partial charge in [0.1, 0.15) is 0 Å². The van der Waals surface area contributed by atoms with E-state index >= 15 is 0 Å². The molecule has 2 heterocycles. The van der Waals surface area contributed by atoms with Crippen LogP contribution in [0.15, 0.2) is 24.3 Å². The van der Waals surface area contributed by atoms with Gasteiger partial charge in [-0.15, -0.1) is 5.06 Å². The summed E-state index contributed by atoms with van der Waals surface area (Å²) in [5, 5.41) is 13.0. The van der Waals surface area contributed by atoms with Crippen molar-refractivity contribution in [1.82, 2.24) is 9.96 Å². The molecule has 0 unspecified atom stereocenters. The highest BCUT2D eigenvalue weighted by molar-refractivity contribution is 5.91. The molecular formula is C15H19N3O4. The third-order valence-corrected chi connectivity index (χ3v) is 4.21. The SMILES string of the molecule is O=C(O)ON1CCC(N2CCc3ccccc3NC2=O)CC1. The van der Waals surface area contributed by atoms with E-state index in [2.05, 4.69) is 10.2 Å². The average Bonchev–Trinajstić information content (AvgIpc) is 2.66. The number of para-hydroxylation sites is 1. The molecule has 2 aliphatic heterocycles. The van der Waals surface area contributed by atoms with Gasteiger partial charge in [0, 0.05) is 31.4 Å². The number of carboxylic acid groups (broad SMARTS) is 1. The fourth-order valence-electron chi connectivity index (χ4n) is 3.09. The molecule has 1 saturated heterocycles. The molecular weight excluding hydrogens is 286 g/mol. The van der Waals surface area contributed by atoms with Crippen molar-refractivity contribution in [3.05, 3.63) is 29.8 Å². The molecule has 118 valence electrons. The second kappa shape index (κ2) is 6.23. The van der Waals surface area contributed by atoms with Gasteiger partial charge < -0.3 is 20.2 Å². The summed E-state index contributed by atoms with van der Waals surface area (Å²) in [7, 11) is 0. The number of rotatable bonds is 2. The summed E-state index contributed by atoms with van der Waals surface area (Å²) in [6.45, 7) is 1.69. The number of fused-ring (bicyclic) bond motifs is 1. The molecule has 7 heteroatoms. The number of carbonyl (C=O) groups excluding carboxylic acids is 1. The van der Waals surface area contributed by atoms with Crippen LogP contribution in [0.3, 0.4) is 0 Å². The Morgan fingerprint density at radius 2 is 1.95 bits per heavy atom. The van der Waals surface area contributed by atoms with Gasteiger partial charge in [-0.2, -0.15) is 0 Å². The van der Waals surface area contributed by atoms with Gasteiger partial charge in [-0.05, 0) is 30.9 Å². The van der Waals surface area contributed by atoms with E-state index in [1.54, 1.807) is 0 Å². The van der Waals surface area contributed by atoms with E-state index in [0.717, 1.165) is 17.7 Å². The predicted molar refractivity (Wildman–Crippen MR) is 79.6 cm³/mol. The van der Waals surface area contributed by atoms with Crippen LogP contribution in [0.5, 0.6) is 0 Å². The monoisotopic (exact) mass is 305 g/mol. The minimum atomic E-state index is -1.29. The number of amides is 2. The maximum atomic E-state index is 12.4. The molecule has 7 nitrogen and oxygen atoms in total. The summed E-state index contributed by atoms with van der Waals surface area (Å²) >= 11 is 0. The summed E-state index contributed by atoms with van der Waals surface area (Å²) in [5.74, 6) is 0. The Morgan fingerprint density at radius 1 is 1.23 bits per heavy atom. The Hall–Kier alpha value is -2.28. The van der Waals surface area contributed by atoms with Crippen molar-refractivity contribution in [2.45, 2.75) is 25.3 Å². The highest BCUT2D eigenvalue weighted by Crippen LogP contribution is 2.24. The van der Waals surface area contributed by atoms with Crippen LogP contribution >= 0.6 is 0 Å². The van der Waals surface area contributed by atoms with Gasteiger partial charge in [-0.25, -0.2) is 9.59 Å². The molecule has 1 aromatic carbocycles. The standard InChI is InChI=1S/C15H19N3O4/c19-14-16-13-4-2-1-3-11(13)5-10-18(14)12-6-8-17(9-7-12)22-15(20)21/h1-4,12H,5-10H2,(H,16,19)(H,20,21). The fraction of sp³-hybridized carbons (Fsp3) is 0.467. The zero-order valence-electron chi connectivity index (χ0n) is 12.2. The van der Waals surface area contributed by atoms with Crippen LogP contribution in [0.25, 0.3) is 0 Å². The summed E-state index contributed by atoms with van der Waals surface area (Å²) in [6, 6.07) is 7.87. The fourth-order valence-corrected chi connectivity index (χ4v) is 3.09. The van der Waals surface area contributed by atoms with E-state index in [1.165, 1.54) is 5.06 Å². The molecule has 22 heavy (non-hydrogen) atoms. The summed E-state index contributed by atoms with van der Waals surface area (Å²) in [5.41, 5.74) is 2.02. The Morgan fingerprint density at radius 3 is 2.68 bits per heavy atom. The largest absolute Gasteiger partial charge is 0.525 e. The maximum Gasteiger partial charge on any atom is 0.525 e. The maximum absolute atomic E-state index is 12.4. The predicted octanol–water partition coefficient (Wildman–Crippen LogP) is 2.15. The van der Waals surface area contributed by atoms with Crippen molar-refractivity contribution in [1.29, 1.82) is 0 Å². The first-order valence-corrected chi connectivity index (χ1v) is 7.45. The molecule has 2 amide bonds. The van der Waals surface area contributed by atoms with Crippen LogP contribution in [0, 0.1) is 0 Å². The Labute approximate surface area is 128 Å². The zero-order valence-corrected chi connectivity index (χ0v) is 12.2. The summed E-state index contributed by atoms with van der Waals surface area (Å²) in [6.07, 6.45) is 0.941. The molecule has 3 rings (SSSR count). The lowest BCUT2D eigenvalue weighted by Crippen LogP contribution is -2.49. The van der Waals surface area contributed by atoms with Crippen molar-refractivity contribution < 1.29 is 19.5 Å². The number of urea groups is 1. The van der Waals surface area contributed by atoms with Crippen LogP contribution in [-0.2, 0) is 11.3 Å². The van der Waals surface area contributed by atoms with Gasteiger partial charge in [0.2, 0.25) is 0 Å². The molecule has 0 saturated carbocycles. The van der Waals surface area contributed by atoms with Crippen molar-refractivity contribution in [2.75, 3.05) is 25.0 Å². The van der Waals surface area contributed by atoms with Crippen molar-refractivity contribution in [3.8, 4) is 0 Å². The molecule has 0 bridgehead atoms. The lowest BCUT2D eigenvalue weighted by Gasteiger charge is -2.36. The topological polar surface area (TPSA) is 82.1 Å². The van der Waals surface area contributed by atoms with E-state index < -0.39 is 6.16 Å². The van der Waals surface area contributed by atoms with Gasteiger partial charge >= 0.3 is 12.2 Å². The van der Waals surface area contributed by atoms with E-state index in [4.69, 9.17) is 5.11 Å². The van der Waals surface area contributed by atoms with Gasteiger partial charge in [0.25, 0.3) is 0 Å². The number of anilines is 1. The zero-order chi connectivity index (χ0) is 15.5. The number of carbonyl (C=O) groups is 2. The third-order valence-electron chi connectivity index (χ3n) is 4.21. The van der Waals surface area contributed by atoms with Gasteiger partial charge in [0.15, 0.2) is 0 Å². The first kappa shape index (κ1) is 14.6. The molecule has 0 aromatic heterocycles. The second-order valence-electron chi connectivity index (χ2n) is 5.55. The van der Waals surface area contributed by atoms with Gasteiger partial charge in [-0.3, -0.25) is 0 Å². The van der Waals surface area contributed by atoms with Crippen LogP contribution in [0.4, 0.5) is 15.3 Å². The Bertz CT molecular complexity index is 570. The molecule has 2 aliphatic rings. The molecule has 2 N–H and O–H groups in total. The molecule has 0 atom stereocenters. The third kappa shape index (κ3) is 3.14. The molecule has 1 fully saturated rings. The Kier molecular flexibility index (Phi) is 4.15. The number of hydrogen-bond donors (Lipinski definition) is 2. The number of nitrogens with one attached hydrogen (secondary N) is 1. The summed E-state index contributed by atoms with van der Waals surface area (Å²) < 4.78 is 0. The minimum absolute atomic E-state index is 0.0810. The van der Waals surface area contributed by atoms with E-state index in [-0.39, 0.29) is 12.1 Å². The van der Waals surface area contributed by atoms with Gasteiger partial charge in [0.05, 0.1) is 0 Å². The number of benzene rings is 1. The average molecular weight is 305 g/mol. The lowest BCUT2D eigenvalue weighted by atomic mass is 10.0. The first-order chi connectivity index (χ1) is 10.6. The summed E-state index contributed by atoms with van der Waals surface area (Å²) in [4.78, 5) is 29.5. The molecule has 0 spiro atoms. The smallest absolute Gasteiger partial charge is 0.448 e. The first-order valence-electron chi connectivity index (χ1n) is 7.45. The van der Waals surface area contributed by atoms with E-state index in [9.17, 15) is 9.59 Å². The molecule has 1 aromatic rings. The van der Waals surface area contributed by atoms with E-state index in [0.29, 0.717) is 32.5 Å². The lowest BCUT2D eigenvalue weighted by molar-refractivity contribution is -0.136. The minimum Gasteiger partial charge on any atom is -0.448 e. The molecule has 0 aliphatic carbocycles. The van der Waals surface area contributed by atoms with Crippen molar-refractivity contribution >= 4 is 17.9 Å². The number of piperidine rings is 1. The van der Waals surface area contributed by atoms with Crippen LogP contribution in [-0.4, -0.2) is 52.9 Å². The van der Waals surface area contributed by atoms with Crippen LogP contribution in [0.2, 0.25) is 0 Å². The van der Waals surface area contributed by atoms with Crippen molar-refractivity contribution in [3.63, 3.8) is 0 Å². The Balaban J connectivity index is 1.62. The second-order valence-corrected chi connectivity index (χ2v) is 5.55. The van der Waals surface area contributed by atoms with Gasteiger partial charge in [-0.1, -0.05) is 18.2 Å². The number of nitrogens with zero attached hydrogens (tertiary/aromatic N) is 2. The molecule has 0 radical (unpaired) electrons.